The van der Waals surface area contributed by atoms with Crippen LogP contribution in [0.3, 0.4) is 0 Å². The van der Waals surface area contributed by atoms with Gasteiger partial charge in [0.15, 0.2) is 5.11 Å². The fraction of sp³-hybridized carbons (Fsp3) is 0.500. The summed E-state index contributed by atoms with van der Waals surface area (Å²) in [6.07, 6.45) is 6.78. The molecule has 2 rings (SSSR count). The Morgan fingerprint density at radius 1 is 1.09 bits per heavy atom. The van der Waals surface area contributed by atoms with Crippen molar-refractivity contribution in [2.24, 2.45) is 0 Å². The maximum Gasteiger partial charge on any atom is 0.185 e. The van der Waals surface area contributed by atoms with Crippen molar-refractivity contribution in [2.75, 3.05) is 0 Å². The Kier molecular flexibility index (Phi) is 6.25. The van der Waals surface area contributed by atoms with Crippen LogP contribution in [-0.4, -0.2) is 11.2 Å². The molecule has 0 unspecified atom stereocenters. The second-order valence-corrected chi connectivity index (χ2v) is 6.72. The number of hydrogen-bond donors (Lipinski definition) is 3. The van der Waals surface area contributed by atoms with Crippen LogP contribution >= 0.6 is 12.2 Å². The Labute approximate surface area is 139 Å². The van der Waals surface area contributed by atoms with Crippen LogP contribution in [-0.2, 0) is 0 Å². The fourth-order valence-corrected chi connectivity index (χ4v) is 3.18. The average Bonchev–Trinajstić information content (AvgIpc) is 2.53. The zero-order valence-electron chi connectivity index (χ0n) is 13.6. The Morgan fingerprint density at radius 3 is 2.32 bits per heavy atom. The first kappa shape index (κ1) is 16.8. The summed E-state index contributed by atoms with van der Waals surface area (Å²) in [7, 11) is 0. The third kappa shape index (κ3) is 5.02. The quantitative estimate of drug-likeness (QED) is 0.565. The van der Waals surface area contributed by atoms with E-state index in [9.17, 15) is 0 Å². The maximum absolute atomic E-state index is 5.18. The first-order chi connectivity index (χ1) is 10.6. The second kappa shape index (κ2) is 8.18. The molecule has 0 atom stereocenters. The monoisotopic (exact) mass is 317 g/mol. The maximum atomic E-state index is 5.18. The molecule has 3 nitrogen and oxygen atoms in total. The predicted octanol–water partition coefficient (Wildman–Crippen LogP) is 4.08. The Bertz CT molecular complexity index is 502. The van der Waals surface area contributed by atoms with Crippen LogP contribution < -0.4 is 16.2 Å². The normalized spacial score (nSPS) is 15.4. The lowest BCUT2D eigenvalue weighted by molar-refractivity contribution is 0.443. The number of nitrogens with one attached hydrogen (secondary N) is 3. The highest BCUT2D eigenvalue weighted by molar-refractivity contribution is 7.80. The molecule has 0 bridgehead atoms. The number of benzene rings is 1. The van der Waals surface area contributed by atoms with Gasteiger partial charge in [0.2, 0.25) is 0 Å². The Morgan fingerprint density at radius 2 is 1.73 bits per heavy atom. The van der Waals surface area contributed by atoms with Gasteiger partial charge in [-0.25, -0.2) is 0 Å². The van der Waals surface area contributed by atoms with E-state index in [2.05, 4.69) is 47.0 Å². The molecular weight excluding hydrogens is 290 g/mol. The highest BCUT2D eigenvalue weighted by atomic mass is 32.1. The van der Waals surface area contributed by atoms with Crippen LogP contribution in [0.1, 0.15) is 63.0 Å². The van der Waals surface area contributed by atoms with Gasteiger partial charge in [0.25, 0.3) is 0 Å². The first-order valence-electron chi connectivity index (χ1n) is 8.18. The van der Waals surface area contributed by atoms with Crippen LogP contribution in [0, 0.1) is 0 Å². The van der Waals surface area contributed by atoms with Gasteiger partial charge >= 0.3 is 0 Å². The van der Waals surface area contributed by atoms with Gasteiger partial charge in [0.1, 0.15) is 0 Å². The lowest BCUT2D eigenvalue weighted by Crippen LogP contribution is -2.45. The van der Waals surface area contributed by atoms with Crippen LogP contribution in [0.2, 0.25) is 0 Å². The number of thiocarbonyl (C=S) groups is 1. The zero-order chi connectivity index (χ0) is 15.9. The van der Waals surface area contributed by atoms with E-state index in [1.54, 1.807) is 0 Å². The van der Waals surface area contributed by atoms with Gasteiger partial charge in [-0.05, 0) is 56.0 Å². The van der Waals surface area contributed by atoms with Gasteiger partial charge in [0.05, 0.1) is 5.70 Å². The minimum absolute atomic E-state index is 0.310. The van der Waals surface area contributed by atoms with Gasteiger partial charge in [-0.3, -0.25) is 10.9 Å². The molecule has 1 aromatic rings. The minimum Gasteiger partial charge on any atom is -0.359 e. The van der Waals surface area contributed by atoms with E-state index in [4.69, 9.17) is 12.2 Å². The third-order valence-corrected chi connectivity index (χ3v) is 4.30. The van der Waals surface area contributed by atoms with Crippen molar-refractivity contribution in [1.82, 2.24) is 16.2 Å². The van der Waals surface area contributed by atoms with Crippen LogP contribution in [0.5, 0.6) is 0 Å². The molecule has 0 amide bonds. The summed E-state index contributed by atoms with van der Waals surface area (Å²) in [5.74, 6) is 0.741. The van der Waals surface area contributed by atoms with Crippen LogP contribution in [0.25, 0.3) is 5.70 Å². The number of rotatable bonds is 5. The molecule has 0 aromatic heterocycles. The van der Waals surface area contributed by atoms with E-state index in [1.165, 1.54) is 37.7 Å². The topological polar surface area (TPSA) is 36.1 Å². The van der Waals surface area contributed by atoms with Crippen molar-refractivity contribution in [3.05, 3.63) is 42.0 Å². The van der Waals surface area contributed by atoms with Crippen molar-refractivity contribution in [2.45, 2.75) is 57.9 Å². The van der Waals surface area contributed by atoms with Crippen molar-refractivity contribution in [1.29, 1.82) is 0 Å². The lowest BCUT2D eigenvalue weighted by Gasteiger charge is -2.22. The number of hydrogen-bond acceptors (Lipinski definition) is 2. The summed E-state index contributed by atoms with van der Waals surface area (Å²) in [4.78, 5) is 0. The summed E-state index contributed by atoms with van der Waals surface area (Å²) >= 11 is 5.18. The van der Waals surface area contributed by atoms with Crippen molar-refractivity contribution in [3.8, 4) is 0 Å². The van der Waals surface area contributed by atoms with Crippen molar-refractivity contribution in [3.63, 3.8) is 0 Å². The molecule has 1 aliphatic rings. The van der Waals surface area contributed by atoms with E-state index < -0.39 is 0 Å². The number of hydrazine groups is 1. The molecule has 0 spiro atoms. The fourth-order valence-electron chi connectivity index (χ4n) is 2.90. The van der Waals surface area contributed by atoms with Crippen LogP contribution in [0.4, 0.5) is 0 Å². The van der Waals surface area contributed by atoms with Gasteiger partial charge in [-0.1, -0.05) is 50.1 Å². The third-order valence-electron chi connectivity index (χ3n) is 4.08. The Hall–Kier alpha value is -1.55. The second-order valence-electron chi connectivity index (χ2n) is 6.31. The molecule has 0 heterocycles. The highest BCUT2D eigenvalue weighted by Crippen LogP contribution is 2.32. The van der Waals surface area contributed by atoms with Crippen LogP contribution in [0.15, 0.2) is 30.8 Å². The van der Waals surface area contributed by atoms with Crippen molar-refractivity contribution < 1.29 is 0 Å². The van der Waals surface area contributed by atoms with E-state index in [1.807, 2.05) is 13.8 Å². The summed E-state index contributed by atoms with van der Waals surface area (Å²) < 4.78 is 0. The van der Waals surface area contributed by atoms with E-state index in [0.717, 1.165) is 17.2 Å². The van der Waals surface area contributed by atoms with E-state index in [-0.39, 0.29) is 0 Å². The molecule has 22 heavy (non-hydrogen) atoms. The van der Waals surface area contributed by atoms with E-state index >= 15 is 0 Å². The zero-order valence-corrected chi connectivity index (χ0v) is 14.4. The standard InChI is InChI=1S/C18H27N3S/c1-13(2)19-18(22)21-20-14(3)15-9-11-17(12-10-15)16-7-5-4-6-8-16/h9-13,16,20H,3-8H2,1-2H3,(H2,19,21,22). The largest absolute Gasteiger partial charge is 0.359 e. The van der Waals surface area contributed by atoms with Gasteiger partial charge in [-0.2, -0.15) is 0 Å². The Balaban J connectivity index is 1.86. The molecule has 1 aliphatic carbocycles. The minimum atomic E-state index is 0.310. The van der Waals surface area contributed by atoms with Gasteiger partial charge in [0, 0.05) is 6.04 Å². The molecule has 0 aliphatic heterocycles. The smallest absolute Gasteiger partial charge is 0.185 e. The van der Waals surface area contributed by atoms with Crippen molar-refractivity contribution >= 4 is 23.0 Å². The molecule has 0 radical (unpaired) electrons. The van der Waals surface area contributed by atoms with E-state index in [0.29, 0.717) is 11.2 Å². The molecule has 120 valence electrons. The molecule has 1 aromatic carbocycles. The van der Waals surface area contributed by atoms with Gasteiger partial charge in [-0.15, -0.1) is 0 Å². The predicted molar refractivity (Wildman–Crippen MR) is 98.4 cm³/mol. The molecule has 3 N–H and O–H groups in total. The summed E-state index contributed by atoms with van der Waals surface area (Å²) in [5.41, 5.74) is 9.38. The highest BCUT2D eigenvalue weighted by Gasteiger charge is 2.15. The molecule has 1 fully saturated rings. The summed E-state index contributed by atoms with van der Waals surface area (Å²) in [6.45, 7) is 8.15. The molecule has 1 saturated carbocycles. The molecule has 0 saturated heterocycles. The summed E-state index contributed by atoms with van der Waals surface area (Å²) in [5, 5.41) is 3.70. The van der Waals surface area contributed by atoms with Gasteiger partial charge < -0.3 is 5.32 Å². The first-order valence-corrected chi connectivity index (χ1v) is 8.59. The lowest BCUT2D eigenvalue weighted by atomic mass is 9.84. The SMILES string of the molecule is C=C(NNC(=S)NC(C)C)c1ccc(C2CCCCC2)cc1. The molecular formula is C18H27N3S. The summed E-state index contributed by atoms with van der Waals surface area (Å²) in [6, 6.07) is 9.07. The molecule has 4 heteroatoms. The average molecular weight is 318 g/mol.